The molecule has 1 aromatic carbocycles. The van der Waals surface area contributed by atoms with Crippen molar-refractivity contribution in [3.8, 4) is 5.75 Å². The Morgan fingerprint density at radius 2 is 2.33 bits per heavy atom. The number of nitrogen functional groups attached to an aromatic ring is 1. The second-order valence-corrected chi connectivity index (χ2v) is 6.53. The van der Waals surface area contributed by atoms with E-state index in [0.717, 1.165) is 24.2 Å². The summed E-state index contributed by atoms with van der Waals surface area (Å²) in [6, 6.07) is 6.13. The van der Waals surface area contributed by atoms with E-state index in [1.807, 2.05) is 12.1 Å². The zero-order chi connectivity index (χ0) is 14.9. The minimum atomic E-state index is -0.0745. The topological polar surface area (TPSA) is 72.5 Å². The van der Waals surface area contributed by atoms with Gasteiger partial charge in [0.25, 0.3) is 0 Å². The average molecular weight is 302 g/mol. The fraction of sp³-hybridized carbons (Fsp3) is 0.333. The molecule has 5 nitrogen and oxygen atoms in total. The number of fused-ring (bicyclic) bond motifs is 1. The van der Waals surface area contributed by atoms with Gasteiger partial charge in [-0.3, -0.25) is 5.43 Å². The summed E-state index contributed by atoms with van der Waals surface area (Å²) >= 11 is 1.43. The van der Waals surface area contributed by atoms with E-state index in [1.54, 1.807) is 11.6 Å². The highest BCUT2D eigenvalue weighted by atomic mass is 32.1. The van der Waals surface area contributed by atoms with Gasteiger partial charge in [0.15, 0.2) is 0 Å². The lowest BCUT2D eigenvalue weighted by Gasteiger charge is -2.32. The maximum Gasteiger partial charge on any atom is 0.205 e. The molecule has 0 radical (unpaired) electrons. The Kier molecular flexibility index (Phi) is 3.55. The number of thiazole rings is 1. The second kappa shape index (κ2) is 5.37. The number of ether oxygens (including phenoxy) is 1. The van der Waals surface area contributed by atoms with Gasteiger partial charge in [0.05, 0.1) is 6.21 Å². The van der Waals surface area contributed by atoms with Crippen molar-refractivity contribution in [3.63, 3.8) is 0 Å². The van der Waals surface area contributed by atoms with Gasteiger partial charge in [-0.05, 0) is 56.0 Å². The summed E-state index contributed by atoms with van der Waals surface area (Å²) in [5.41, 5.74) is 10.6. The summed E-state index contributed by atoms with van der Waals surface area (Å²) in [6.45, 7) is 4.24. The van der Waals surface area contributed by atoms with E-state index >= 15 is 0 Å². The number of aromatic nitrogens is 1. The Morgan fingerprint density at radius 1 is 1.48 bits per heavy atom. The molecule has 0 atom stereocenters. The molecular weight excluding hydrogens is 284 g/mol. The molecule has 21 heavy (non-hydrogen) atoms. The molecule has 0 saturated heterocycles. The van der Waals surface area contributed by atoms with Crippen LogP contribution in [-0.4, -0.2) is 16.8 Å². The van der Waals surface area contributed by atoms with Crippen LogP contribution in [0.25, 0.3) is 0 Å². The van der Waals surface area contributed by atoms with Crippen LogP contribution in [0.5, 0.6) is 5.75 Å². The summed E-state index contributed by atoms with van der Waals surface area (Å²) in [5.74, 6) is 1.48. The molecule has 2 heterocycles. The van der Waals surface area contributed by atoms with Crippen LogP contribution < -0.4 is 15.9 Å². The van der Waals surface area contributed by atoms with Crippen molar-refractivity contribution >= 4 is 28.5 Å². The fourth-order valence-corrected chi connectivity index (χ4v) is 2.81. The Balaban J connectivity index is 1.70. The minimum absolute atomic E-state index is 0.0745. The summed E-state index contributed by atoms with van der Waals surface area (Å²) in [7, 11) is 0. The maximum absolute atomic E-state index is 5.97. The third-order valence-electron chi connectivity index (χ3n) is 3.36. The third kappa shape index (κ3) is 3.33. The molecule has 3 rings (SSSR count). The van der Waals surface area contributed by atoms with Crippen molar-refractivity contribution in [2.75, 3.05) is 11.2 Å². The first-order valence-corrected chi connectivity index (χ1v) is 7.72. The fourth-order valence-electron chi connectivity index (χ4n) is 2.26. The summed E-state index contributed by atoms with van der Waals surface area (Å²) in [6.07, 6.45) is 3.83. The zero-order valence-corrected chi connectivity index (χ0v) is 12.9. The van der Waals surface area contributed by atoms with Gasteiger partial charge >= 0.3 is 0 Å². The Bertz CT molecular complexity index is 678. The van der Waals surface area contributed by atoms with E-state index < -0.39 is 0 Å². The number of aryl methyl sites for hydroxylation is 1. The first kappa shape index (κ1) is 13.9. The average Bonchev–Trinajstić information content (AvgIpc) is 2.84. The summed E-state index contributed by atoms with van der Waals surface area (Å²) in [5, 5.41) is 6.64. The van der Waals surface area contributed by atoms with Crippen molar-refractivity contribution in [1.82, 2.24) is 4.98 Å². The Labute approximate surface area is 127 Å². The van der Waals surface area contributed by atoms with Gasteiger partial charge in [0.2, 0.25) is 5.13 Å². The highest BCUT2D eigenvalue weighted by Gasteiger charge is 2.26. The molecule has 0 aliphatic carbocycles. The van der Waals surface area contributed by atoms with Crippen molar-refractivity contribution < 1.29 is 4.74 Å². The lowest BCUT2D eigenvalue weighted by molar-refractivity contribution is 0.0847. The SMILES string of the molecule is CC1(C)CCc2cc(C=NNc3nc(N)cs3)ccc2O1. The monoisotopic (exact) mass is 302 g/mol. The van der Waals surface area contributed by atoms with Gasteiger partial charge in [-0.1, -0.05) is 0 Å². The maximum atomic E-state index is 5.97. The van der Waals surface area contributed by atoms with E-state index in [4.69, 9.17) is 10.5 Å². The quantitative estimate of drug-likeness (QED) is 0.674. The number of benzene rings is 1. The Morgan fingerprint density at radius 3 is 3.10 bits per heavy atom. The van der Waals surface area contributed by atoms with Gasteiger partial charge < -0.3 is 10.5 Å². The first-order valence-electron chi connectivity index (χ1n) is 6.84. The van der Waals surface area contributed by atoms with Crippen LogP contribution in [0, 0.1) is 0 Å². The lowest BCUT2D eigenvalue weighted by atomic mass is 9.93. The number of hydrazone groups is 1. The molecule has 1 aliphatic rings. The molecule has 0 bridgehead atoms. The number of rotatable bonds is 3. The molecule has 0 unspecified atom stereocenters. The van der Waals surface area contributed by atoms with E-state index in [-0.39, 0.29) is 5.60 Å². The molecule has 1 aliphatic heterocycles. The van der Waals surface area contributed by atoms with Crippen molar-refractivity contribution in [2.45, 2.75) is 32.3 Å². The molecule has 2 aromatic rings. The summed E-state index contributed by atoms with van der Waals surface area (Å²) < 4.78 is 5.97. The number of nitrogens with one attached hydrogen (secondary N) is 1. The van der Waals surface area contributed by atoms with Crippen LogP contribution in [0.4, 0.5) is 10.9 Å². The standard InChI is InChI=1S/C15H18N4OS/c1-15(2)6-5-11-7-10(3-4-12(11)20-15)8-17-19-14-18-13(16)9-21-14/h3-4,7-9H,5-6,16H2,1-2H3,(H,18,19). The predicted octanol–water partition coefficient (Wildman–Crippen LogP) is 3.27. The zero-order valence-electron chi connectivity index (χ0n) is 12.1. The highest BCUT2D eigenvalue weighted by molar-refractivity contribution is 7.14. The molecule has 110 valence electrons. The first-order chi connectivity index (χ1) is 10.0. The molecule has 3 N–H and O–H groups in total. The third-order valence-corrected chi connectivity index (χ3v) is 4.13. The van der Waals surface area contributed by atoms with Crippen molar-refractivity contribution in [2.24, 2.45) is 5.10 Å². The second-order valence-electron chi connectivity index (χ2n) is 5.68. The van der Waals surface area contributed by atoms with Crippen LogP contribution in [0.3, 0.4) is 0 Å². The van der Waals surface area contributed by atoms with E-state index in [2.05, 4.69) is 35.4 Å². The molecule has 6 heteroatoms. The van der Waals surface area contributed by atoms with Crippen LogP contribution in [-0.2, 0) is 6.42 Å². The normalized spacial score (nSPS) is 16.5. The molecular formula is C15H18N4OS. The number of hydrogen-bond acceptors (Lipinski definition) is 6. The van der Waals surface area contributed by atoms with Crippen LogP contribution >= 0.6 is 11.3 Å². The van der Waals surface area contributed by atoms with Gasteiger partial charge in [-0.25, -0.2) is 4.98 Å². The van der Waals surface area contributed by atoms with Crippen LogP contribution in [0.15, 0.2) is 28.7 Å². The lowest BCUT2D eigenvalue weighted by Crippen LogP contribution is -2.32. The van der Waals surface area contributed by atoms with Gasteiger partial charge in [0, 0.05) is 5.38 Å². The minimum Gasteiger partial charge on any atom is -0.488 e. The predicted molar refractivity (Wildman–Crippen MR) is 87.2 cm³/mol. The number of nitrogens with zero attached hydrogens (tertiary/aromatic N) is 2. The molecule has 0 amide bonds. The van der Waals surface area contributed by atoms with Crippen molar-refractivity contribution in [3.05, 3.63) is 34.7 Å². The van der Waals surface area contributed by atoms with E-state index in [1.165, 1.54) is 16.9 Å². The highest BCUT2D eigenvalue weighted by Crippen LogP contribution is 2.33. The van der Waals surface area contributed by atoms with Gasteiger partial charge in [0.1, 0.15) is 17.2 Å². The van der Waals surface area contributed by atoms with Crippen molar-refractivity contribution in [1.29, 1.82) is 0 Å². The summed E-state index contributed by atoms with van der Waals surface area (Å²) in [4.78, 5) is 4.08. The molecule has 0 saturated carbocycles. The van der Waals surface area contributed by atoms with Gasteiger partial charge in [-0.2, -0.15) is 5.10 Å². The largest absolute Gasteiger partial charge is 0.488 e. The Hall–Kier alpha value is -2.08. The molecule has 1 aromatic heterocycles. The van der Waals surface area contributed by atoms with Crippen LogP contribution in [0.1, 0.15) is 31.4 Å². The van der Waals surface area contributed by atoms with Gasteiger partial charge in [-0.15, -0.1) is 11.3 Å². The molecule has 0 spiro atoms. The number of hydrogen-bond donors (Lipinski definition) is 2. The molecule has 0 fully saturated rings. The van der Waals surface area contributed by atoms with E-state index in [0.29, 0.717) is 10.9 Å². The smallest absolute Gasteiger partial charge is 0.205 e. The van der Waals surface area contributed by atoms with Crippen LogP contribution in [0.2, 0.25) is 0 Å². The number of anilines is 2. The van der Waals surface area contributed by atoms with E-state index in [9.17, 15) is 0 Å². The number of nitrogens with two attached hydrogens (primary N) is 1.